The SMILES string of the molecule is CCC1(NC(=O)COc2cnc(Cl)c(C)c2)CC(C)(NC)C1. The van der Waals surface area contributed by atoms with Gasteiger partial charge in [-0.2, -0.15) is 0 Å². The van der Waals surface area contributed by atoms with Crippen LogP contribution in [0.15, 0.2) is 12.3 Å². The Kier molecular flexibility index (Phi) is 4.97. The first kappa shape index (κ1) is 17.0. The molecular formula is C16H24ClN3O2. The molecule has 1 aromatic rings. The molecule has 0 spiro atoms. The van der Waals surface area contributed by atoms with Crippen molar-refractivity contribution in [1.29, 1.82) is 0 Å². The zero-order valence-corrected chi connectivity index (χ0v) is 14.4. The van der Waals surface area contributed by atoms with Crippen LogP contribution in [0.3, 0.4) is 0 Å². The number of halogens is 1. The van der Waals surface area contributed by atoms with Gasteiger partial charge in [0, 0.05) is 11.1 Å². The van der Waals surface area contributed by atoms with Crippen LogP contribution < -0.4 is 15.4 Å². The van der Waals surface area contributed by atoms with E-state index in [1.165, 1.54) is 6.20 Å². The monoisotopic (exact) mass is 325 g/mol. The highest BCUT2D eigenvalue weighted by atomic mass is 35.5. The number of hydrogen-bond acceptors (Lipinski definition) is 4. The van der Waals surface area contributed by atoms with E-state index in [2.05, 4.69) is 29.5 Å². The van der Waals surface area contributed by atoms with Crippen LogP contribution in [0.1, 0.15) is 38.7 Å². The van der Waals surface area contributed by atoms with Crippen molar-refractivity contribution in [2.45, 2.75) is 51.1 Å². The van der Waals surface area contributed by atoms with Gasteiger partial charge in [0.15, 0.2) is 6.61 Å². The zero-order valence-electron chi connectivity index (χ0n) is 13.6. The molecule has 0 aliphatic heterocycles. The predicted octanol–water partition coefficient (Wildman–Crippen LogP) is 2.46. The van der Waals surface area contributed by atoms with Crippen molar-refractivity contribution in [2.75, 3.05) is 13.7 Å². The minimum Gasteiger partial charge on any atom is -0.482 e. The van der Waals surface area contributed by atoms with Crippen molar-refractivity contribution in [3.63, 3.8) is 0 Å². The molecule has 122 valence electrons. The van der Waals surface area contributed by atoms with Gasteiger partial charge in [-0.05, 0) is 51.8 Å². The maximum atomic E-state index is 12.1. The Morgan fingerprint density at radius 3 is 2.73 bits per heavy atom. The molecular weight excluding hydrogens is 302 g/mol. The second-order valence-electron chi connectivity index (χ2n) is 6.41. The van der Waals surface area contributed by atoms with Gasteiger partial charge in [-0.3, -0.25) is 4.79 Å². The number of amides is 1. The highest BCUT2D eigenvalue weighted by molar-refractivity contribution is 6.30. The lowest BCUT2D eigenvalue weighted by Crippen LogP contribution is -2.68. The second-order valence-corrected chi connectivity index (χ2v) is 6.77. The third-order valence-electron chi connectivity index (χ3n) is 4.50. The fourth-order valence-corrected chi connectivity index (χ4v) is 3.24. The molecule has 1 aliphatic rings. The van der Waals surface area contributed by atoms with E-state index < -0.39 is 0 Å². The van der Waals surface area contributed by atoms with E-state index in [4.69, 9.17) is 16.3 Å². The van der Waals surface area contributed by atoms with Crippen LogP contribution in [0.4, 0.5) is 0 Å². The van der Waals surface area contributed by atoms with Gasteiger partial charge in [-0.1, -0.05) is 18.5 Å². The van der Waals surface area contributed by atoms with Crippen molar-refractivity contribution in [1.82, 2.24) is 15.6 Å². The molecule has 0 unspecified atom stereocenters. The Labute approximate surface area is 136 Å². The van der Waals surface area contributed by atoms with E-state index in [9.17, 15) is 4.79 Å². The van der Waals surface area contributed by atoms with Crippen molar-refractivity contribution in [3.05, 3.63) is 23.0 Å². The summed E-state index contributed by atoms with van der Waals surface area (Å²) in [4.78, 5) is 16.1. The Balaban J connectivity index is 1.86. The van der Waals surface area contributed by atoms with Gasteiger partial charge in [-0.25, -0.2) is 4.98 Å². The molecule has 2 rings (SSSR count). The van der Waals surface area contributed by atoms with Crippen molar-refractivity contribution in [2.24, 2.45) is 0 Å². The van der Waals surface area contributed by atoms with E-state index in [1.54, 1.807) is 6.07 Å². The van der Waals surface area contributed by atoms with Crippen LogP contribution in [0.5, 0.6) is 5.75 Å². The number of nitrogens with one attached hydrogen (secondary N) is 2. The predicted molar refractivity (Wildman–Crippen MR) is 87.3 cm³/mol. The summed E-state index contributed by atoms with van der Waals surface area (Å²) in [5.41, 5.74) is 0.821. The van der Waals surface area contributed by atoms with Gasteiger partial charge >= 0.3 is 0 Å². The lowest BCUT2D eigenvalue weighted by molar-refractivity contribution is -0.127. The zero-order chi connectivity index (χ0) is 16.4. The number of nitrogens with zero attached hydrogens (tertiary/aromatic N) is 1. The number of aryl methyl sites for hydroxylation is 1. The summed E-state index contributed by atoms with van der Waals surface area (Å²) in [6.45, 7) is 6.11. The second kappa shape index (κ2) is 6.42. The molecule has 22 heavy (non-hydrogen) atoms. The highest BCUT2D eigenvalue weighted by Gasteiger charge is 2.50. The van der Waals surface area contributed by atoms with Gasteiger partial charge in [0.2, 0.25) is 0 Å². The molecule has 2 N–H and O–H groups in total. The molecule has 1 amide bonds. The summed E-state index contributed by atoms with van der Waals surface area (Å²) < 4.78 is 5.49. The number of hydrogen-bond donors (Lipinski definition) is 2. The number of aromatic nitrogens is 1. The number of carbonyl (C=O) groups is 1. The fraction of sp³-hybridized carbons (Fsp3) is 0.625. The molecule has 1 saturated carbocycles. The third-order valence-corrected chi connectivity index (χ3v) is 4.90. The number of carbonyl (C=O) groups excluding carboxylic acids is 1. The Bertz CT molecular complexity index is 556. The standard InChI is InChI=1S/C16H24ClN3O2/c1-5-16(9-15(3,10-16)18-4)20-13(21)8-22-12-6-11(2)14(17)19-7-12/h6-7,18H,5,8-10H2,1-4H3,(H,20,21). The quantitative estimate of drug-likeness (QED) is 0.789. The molecule has 0 radical (unpaired) electrons. The van der Waals surface area contributed by atoms with E-state index in [0.717, 1.165) is 24.8 Å². The average molecular weight is 326 g/mol. The molecule has 1 fully saturated rings. The smallest absolute Gasteiger partial charge is 0.258 e. The third kappa shape index (κ3) is 3.70. The molecule has 1 aromatic heterocycles. The topological polar surface area (TPSA) is 63.2 Å². The van der Waals surface area contributed by atoms with Crippen LogP contribution in [-0.4, -0.2) is 35.6 Å². The van der Waals surface area contributed by atoms with E-state index in [0.29, 0.717) is 10.9 Å². The van der Waals surface area contributed by atoms with E-state index >= 15 is 0 Å². The first-order valence-electron chi connectivity index (χ1n) is 7.56. The average Bonchev–Trinajstić information content (AvgIpc) is 2.46. The molecule has 5 nitrogen and oxygen atoms in total. The highest BCUT2D eigenvalue weighted by Crippen LogP contribution is 2.43. The lowest BCUT2D eigenvalue weighted by Gasteiger charge is -2.54. The van der Waals surface area contributed by atoms with Crippen molar-refractivity contribution in [3.8, 4) is 5.75 Å². The fourth-order valence-electron chi connectivity index (χ4n) is 3.14. The van der Waals surface area contributed by atoms with Crippen LogP contribution in [-0.2, 0) is 4.79 Å². The summed E-state index contributed by atoms with van der Waals surface area (Å²) in [5.74, 6) is 0.448. The minimum absolute atomic E-state index is 0.0131. The summed E-state index contributed by atoms with van der Waals surface area (Å²) in [6, 6.07) is 1.78. The van der Waals surface area contributed by atoms with Gasteiger partial charge in [0.25, 0.3) is 5.91 Å². The molecule has 6 heteroatoms. The van der Waals surface area contributed by atoms with Gasteiger partial charge in [0.1, 0.15) is 10.9 Å². The van der Waals surface area contributed by atoms with Crippen LogP contribution >= 0.6 is 11.6 Å². The molecule has 0 bridgehead atoms. The molecule has 0 saturated heterocycles. The Morgan fingerprint density at radius 2 is 2.18 bits per heavy atom. The normalized spacial score (nSPS) is 27.1. The Morgan fingerprint density at radius 1 is 1.50 bits per heavy atom. The van der Waals surface area contributed by atoms with Crippen molar-refractivity contribution >= 4 is 17.5 Å². The first-order valence-corrected chi connectivity index (χ1v) is 7.94. The maximum Gasteiger partial charge on any atom is 0.258 e. The molecule has 0 atom stereocenters. The molecule has 0 aromatic carbocycles. The molecule has 1 aliphatic carbocycles. The number of ether oxygens (including phenoxy) is 1. The maximum absolute atomic E-state index is 12.1. The van der Waals surface area contributed by atoms with Gasteiger partial charge in [0.05, 0.1) is 6.20 Å². The molecule has 1 heterocycles. The Hall–Kier alpha value is -1.33. The van der Waals surface area contributed by atoms with Crippen LogP contribution in [0.25, 0.3) is 0 Å². The van der Waals surface area contributed by atoms with E-state index in [1.807, 2.05) is 14.0 Å². The van der Waals surface area contributed by atoms with Crippen LogP contribution in [0, 0.1) is 6.92 Å². The van der Waals surface area contributed by atoms with Gasteiger partial charge in [-0.15, -0.1) is 0 Å². The van der Waals surface area contributed by atoms with Crippen LogP contribution in [0.2, 0.25) is 5.15 Å². The first-order chi connectivity index (χ1) is 10.3. The van der Waals surface area contributed by atoms with E-state index in [-0.39, 0.29) is 23.6 Å². The summed E-state index contributed by atoms with van der Waals surface area (Å²) in [7, 11) is 1.96. The number of pyridine rings is 1. The number of rotatable bonds is 6. The largest absolute Gasteiger partial charge is 0.482 e. The minimum atomic E-state index is -0.119. The summed E-state index contributed by atoms with van der Waals surface area (Å²) in [6.07, 6.45) is 4.30. The van der Waals surface area contributed by atoms with Gasteiger partial charge < -0.3 is 15.4 Å². The summed E-state index contributed by atoms with van der Waals surface area (Å²) in [5, 5.41) is 6.87. The summed E-state index contributed by atoms with van der Waals surface area (Å²) >= 11 is 5.86. The van der Waals surface area contributed by atoms with Crippen molar-refractivity contribution < 1.29 is 9.53 Å². The lowest BCUT2D eigenvalue weighted by atomic mass is 9.62.